The van der Waals surface area contributed by atoms with Crippen LogP contribution in [0.15, 0.2) is 30.3 Å². The summed E-state index contributed by atoms with van der Waals surface area (Å²) in [6, 6.07) is 9.32. The van der Waals surface area contributed by atoms with Crippen LogP contribution in [0.1, 0.15) is 56.1 Å². The normalized spacial score (nSPS) is 28.1. The maximum absolute atomic E-state index is 12.8. The van der Waals surface area contributed by atoms with E-state index in [1.807, 2.05) is 0 Å². The van der Waals surface area contributed by atoms with E-state index in [0.717, 1.165) is 38.8 Å². The van der Waals surface area contributed by atoms with E-state index in [0.29, 0.717) is 23.7 Å². The van der Waals surface area contributed by atoms with Gasteiger partial charge in [0.1, 0.15) is 0 Å². The number of likely N-dealkylation sites (tertiary alicyclic amines) is 2. The molecule has 2 saturated heterocycles. The van der Waals surface area contributed by atoms with Crippen molar-refractivity contribution < 1.29 is 4.79 Å². The third-order valence-corrected chi connectivity index (χ3v) is 7.70. The molecule has 0 bridgehead atoms. The molecule has 28 heavy (non-hydrogen) atoms. The molecule has 0 aromatic heterocycles. The van der Waals surface area contributed by atoms with Crippen LogP contribution in [0.25, 0.3) is 5.57 Å². The van der Waals surface area contributed by atoms with Gasteiger partial charge in [-0.2, -0.15) is 0 Å². The molecule has 150 valence electrons. The summed E-state index contributed by atoms with van der Waals surface area (Å²) < 4.78 is 0. The van der Waals surface area contributed by atoms with Crippen LogP contribution >= 0.6 is 0 Å². The predicted octanol–water partition coefficient (Wildman–Crippen LogP) is 4.38. The highest BCUT2D eigenvalue weighted by molar-refractivity contribution is 5.81. The van der Waals surface area contributed by atoms with Gasteiger partial charge in [0.25, 0.3) is 0 Å². The summed E-state index contributed by atoms with van der Waals surface area (Å²) in [7, 11) is 0. The number of amides is 1. The van der Waals surface area contributed by atoms with E-state index >= 15 is 0 Å². The average molecular weight is 379 g/mol. The second-order valence-corrected chi connectivity index (χ2v) is 9.48. The molecule has 1 aromatic rings. The van der Waals surface area contributed by atoms with Gasteiger partial charge in [-0.1, -0.05) is 43.2 Å². The van der Waals surface area contributed by atoms with Crippen LogP contribution in [0.4, 0.5) is 0 Å². The summed E-state index contributed by atoms with van der Waals surface area (Å²) in [5.74, 6) is 1.97. The summed E-state index contributed by atoms with van der Waals surface area (Å²) >= 11 is 0. The Balaban J connectivity index is 1.20. The number of nitrogens with zero attached hydrogens (tertiary/aromatic N) is 2. The first kappa shape index (κ1) is 18.4. The first-order chi connectivity index (χ1) is 13.8. The molecule has 2 heterocycles. The SMILES string of the molecule is O=C(C1CCCC1)N1C[C@@H]2CC=C(c3ccc(CCN4CCCC4)cc3)[C@@H]2C1. The van der Waals surface area contributed by atoms with Gasteiger partial charge in [-0.15, -0.1) is 0 Å². The van der Waals surface area contributed by atoms with Crippen LogP contribution in [0.3, 0.4) is 0 Å². The lowest BCUT2D eigenvalue weighted by Gasteiger charge is -2.21. The van der Waals surface area contributed by atoms with Crippen molar-refractivity contribution in [2.75, 3.05) is 32.7 Å². The number of carbonyl (C=O) groups excluding carboxylic acids is 1. The highest BCUT2D eigenvalue weighted by Gasteiger charge is 2.41. The Morgan fingerprint density at radius 2 is 1.71 bits per heavy atom. The zero-order chi connectivity index (χ0) is 18.9. The first-order valence-corrected chi connectivity index (χ1v) is 11.6. The van der Waals surface area contributed by atoms with Crippen LogP contribution in [0.5, 0.6) is 0 Å². The Morgan fingerprint density at radius 3 is 2.46 bits per heavy atom. The summed E-state index contributed by atoms with van der Waals surface area (Å²) in [6.07, 6.45) is 12.2. The molecular formula is C25H34N2O. The number of fused-ring (bicyclic) bond motifs is 1. The van der Waals surface area contributed by atoms with E-state index in [-0.39, 0.29) is 0 Å². The lowest BCUT2D eigenvalue weighted by molar-refractivity contribution is -0.134. The van der Waals surface area contributed by atoms with Crippen molar-refractivity contribution in [1.29, 1.82) is 0 Å². The number of benzene rings is 1. The van der Waals surface area contributed by atoms with Gasteiger partial charge in [0, 0.05) is 31.5 Å². The molecule has 0 spiro atoms. The topological polar surface area (TPSA) is 23.6 Å². The molecule has 2 aliphatic heterocycles. The van der Waals surface area contributed by atoms with Crippen LogP contribution in [0.2, 0.25) is 0 Å². The maximum Gasteiger partial charge on any atom is 0.225 e. The molecule has 1 amide bonds. The van der Waals surface area contributed by atoms with Crippen LogP contribution in [-0.4, -0.2) is 48.4 Å². The third-order valence-electron chi connectivity index (χ3n) is 7.70. The Bertz CT molecular complexity index is 725. The van der Waals surface area contributed by atoms with E-state index in [1.165, 1.54) is 62.0 Å². The van der Waals surface area contributed by atoms with E-state index in [9.17, 15) is 4.79 Å². The van der Waals surface area contributed by atoms with Gasteiger partial charge in [0.05, 0.1) is 0 Å². The van der Waals surface area contributed by atoms with Crippen molar-refractivity contribution in [3.63, 3.8) is 0 Å². The van der Waals surface area contributed by atoms with E-state index in [2.05, 4.69) is 40.1 Å². The predicted molar refractivity (Wildman–Crippen MR) is 114 cm³/mol. The minimum Gasteiger partial charge on any atom is -0.342 e. The fraction of sp³-hybridized carbons (Fsp3) is 0.640. The van der Waals surface area contributed by atoms with Crippen molar-refractivity contribution in [3.8, 4) is 0 Å². The molecule has 0 unspecified atom stereocenters. The Hall–Kier alpha value is -1.61. The molecule has 1 aromatic carbocycles. The van der Waals surface area contributed by atoms with Gasteiger partial charge >= 0.3 is 0 Å². The van der Waals surface area contributed by atoms with Gasteiger partial charge in [0.15, 0.2) is 0 Å². The van der Waals surface area contributed by atoms with E-state index < -0.39 is 0 Å². The van der Waals surface area contributed by atoms with Crippen molar-refractivity contribution in [3.05, 3.63) is 41.5 Å². The van der Waals surface area contributed by atoms with Crippen molar-refractivity contribution in [2.45, 2.75) is 51.4 Å². The van der Waals surface area contributed by atoms with Crippen LogP contribution in [-0.2, 0) is 11.2 Å². The molecule has 3 nitrogen and oxygen atoms in total. The number of allylic oxidation sites excluding steroid dienone is 1. The molecule has 1 saturated carbocycles. The van der Waals surface area contributed by atoms with Gasteiger partial charge in [-0.3, -0.25) is 4.79 Å². The molecule has 4 aliphatic rings. The molecule has 0 radical (unpaired) electrons. The monoisotopic (exact) mass is 378 g/mol. The second-order valence-electron chi connectivity index (χ2n) is 9.48. The summed E-state index contributed by atoms with van der Waals surface area (Å²) in [6.45, 7) is 5.69. The third kappa shape index (κ3) is 3.66. The number of rotatable bonds is 5. The zero-order valence-electron chi connectivity index (χ0n) is 17.1. The molecule has 2 atom stereocenters. The number of hydrogen-bond donors (Lipinski definition) is 0. The fourth-order valence-corrected chi connectivity index (χ4v) is 5.99. The summed E-state index contributed by atoms with van der Waals surface area (Å²) in [5, 5.41) is 0. The van der Waals surface area contributed by atoms with Gasteiger partial charge in [-0.05, 0) is 74.2 Å². The minimum atomic E-state index is 0.321. The van der Waals surface area contributed by atoms with Gasteiger partial charge in [-0.25, -0.2) is 0 Å². The Kier molecular flexibility index (Phi) is 5.28. The standard InChI is InChI=1S/C25H34N2O/c28-25(21-5-1-2-6-21)27-17-22-11-12-23(24(22)18-27)20-9-7-19(8-10-20)13-16-26-14-3-4-15-26/h7-10,12,21-22,24H,1-6,11,13-18H2/t22-,24+/m0/s1. The molecule has 5 rings (SSSR count). The van der Waals surface area contributed by atoms with Crippen LogP contribution in [0, 0.1) is 17.8 Å². The fourth-order valence-electron chi connectivity index (χ4n) is 5.99. The molecule has 0 N–H and O–H groups in total. The first-order valence-electron chi connectivity index (χ1n) is 11.6. The zero-order valence-corrected chi connectivity index (χ0v) is 17.1. The lowest BCUT2D eigenvalue weighted by Crippen LogP contribution is -2.34. The Morgan fingerprint density at radius 1 is 0.964 bits per heavy atom. The maximum atomic E-state index is 12.8. The molecular weight excluding hydrogens is 344 g/mol. The minimum absolute atomic E-state index is 0.321. The Labute approximate surface area is 169 Å². The highest BCUT2D eigenvalue weighted by Crippen LogP contribution is 2.44. The molecule has 3 fully saturated rings. The second kappa shape index (κ2) is 8.02. The van der Waals surface area contributed by atoms with Gasteiger partial charge in [0.2, 0.25) is 5.91 Å². The number of hydrogen-bond acceptors (Lipinski definition) is 2. The van der Waals surface area contributed by atoms with Crippen LogP contribution < -0.4 is 0 Å². The average Bonchev–Trinajstić information content (AvgIpc) is 3.51. The molecule has 2 aliphatic carbocycles. The molecule has 3 heteroatoms. The van der Waals surface area contributed by atoms with Gasteiger partial charge < -0.3 is 9.80 Å². The van der Waals surface area contributed by atoms with E-state index in [4.69, 9.17) is 0 Å². The van der Waals surface area contributed by atoms with E-state index in [1.54, 1.807) is 0 Å². The summed E-state index contributed by atoms with van der Waals surface area (Å²) in [4.78, 5) is 17.6. The smallest absolute Gasteiger partial charge is 0.225 e. The van der Waals surface area contributed by atoms with Crippen molar-refractivity contribution >= 4 is 11.5 Å². The largest absolute Gasteiger partial charge is 0.342 e. The van der Waals surface area contributed by atoms with Crippen molar-refractivity contribution in [2.24, 2.45) is 17.8 Å². The number of carbonyl (C=O) groups is 1. The lowest BCUT2D eigenvalue weighted by atomic mass is 9.90. The summed E-state index contributed by atoms with van der Waals surface area (Å²) in [5.41, 5.74) is 4.33. The quantitative estimate of drug-likeness (QED) is 0.759. The highest BCUT2D eigenvalue weighted by atomic mass is 16.2. The van der Waals surface area contributed by atoms with Crippen molar-refractivity contribution in [1.82, 2.24) is 9.80 Å².